The summed E-state index contributed by atoms with van der Waals surface area (Å²) in [6.45, 7) is 1.82. The number of hydrogen-bond donors (Lipinski definition) is 3. The lowest BCUT2D eigenvalue weighted by Crippen LogP contribution is -2.09. The van der Waals surface area contributed by atoms with Crippen LogP contribution in [0, 0.1) is 5.95 Å². The Hall–Kier alpha value is -2.43. The van der Waals surface area contributed by atoms with Crippen LogP contribution in [0.25, 0.3) is 22.4 Å². The molecule has 3 aromatic rings. The van der Waals surface area contributed by atoms with Crippen LogP contribution in [0.5, 0.6) is 5.75 Å². The molecule has 2 heterocycles. The number of rotatable bonds is 7. The fourth-order valence-electron chi connectivity index (χ4n) is 2.75. The molecule has 10 heteroatoms. The number of nitrogens with one attached hydrogen (secondary N) is 1. The van der Waals surface area contributed by atoms with Crippen molar-refractivity contribution in [1.29, 1.82) is 0 Å². The van der Waals surface area contributed by atoms with E-state index < -0.39 is 5.95 Å². The number of aromatic nitrogens is 4. The fourth-order valence-corrected chi connectivity index (χ4v) is 3.62. The third-order valence-corrected chi connectivity index (χ3v) is 5.26. The van der Waals surface area contributed by atoms with E-state index in [1.165, 1.54) is 17.8 Å². The number of thioether (sulfide) groups is 1. The Balaban J connectivity index is 1.63. The molecule has 1 unspecified atom stereocenters. The van der Waals surface area contributed by atoms with Crippen molar-refractivity contribution in [2.75, 3.05) is 5.32 Å². The molecule has 0 aliphatic heterocycles. The molecular formula is C19H19FN6OS2. The zero-order valence-corrected chi connectivity index (χ0v) is 17.3. The Bertz CT molecular complexity index is 1010. The molecular weight excluding hydrogens is 411 g/mol. The third-order valence-electron chi connectivity index (χ3n) is 4.24. The molecule has 1 aliphatic carbocycles. The van der Waals surface area contributed by atoms with E-state index in [4.69, 9.17) is 9.92 Å². The lowest BCUT2D eigenvalue weighted by molar-refractivity contribution is 0.573. The zero-order chi connectivity index (χ0) is 20.4. The maximum atomic E-state index is 14.0. The van der Waals surface area contributed by atoms with Crippen molar-refractivity contribution in [3.05, 3.63) is 42.5 Å². The summed E-state index contributed by atoms with van der Waals surface area (Å²) in [5.41, 5.74) is 8.42. The number of halogens is 1. The first-order valence-electron chi connectivity index (χ1n) is 9.04. The van der Waals surface area contributed by atoms with Gasteiger partial charge < -0.3 is 15.2 Å². The third kappa shape index (κ3) is 4.95. The molecule has 0 saturated heterocycles. The summed E-state index contributed by atoms with van der Waals surface area (Å²) in [6, 6.07) is 9.02. The van der Waals surface area contributed by atoms with Crippen molar-refractivity contribution in [1.82, 2.24) is 20.2 Å². The summed E-state index contributed by atoms with van der Waals surface area (Å²) in [4.78, 5) is 8.18. The molecule has 3 N–H and O–H groups in total. The molecule has 29 heavy (non-hydrogen) atoms. The monoisotopic (exact) mass is 430 g/mol. The van der Waals surface area contributed by atoms with Crippen LogP contribution < -0.4 is 15.2 Å². The van der Waals surface area contributed by atoms with Gasteiger partial charge in [0.1, 0.15) is 16.5 Å². The molecule has 2 aromatic heterocycles. The predicted octanol–water partition coefficient (Wildman–Crippen LogP) is 3.93. The summed E-state index contributed by atoms with van der Waals surface area (Å²) in [5.74, 6) is 0.396. The summed E-state index contributed by atoms with van der Waals surface area (Å²) in [6.07, 6.45) is 3.89. The molecule has 1 fully saturated rings. The minimum absolute atomic E-state index is 0.195. The zero-order valence-electron chi connectivity index (χ0n) is 15.5. The maximum absolute atomic E-state index is 14.0. The molecule has 0 bridgehead atoms. The summed E-state index contributed by atoms with van der Waals surface area (Å²) < 4.78 is 19.2. The minimum atomic E-state index is -0.572. The van der Waals surface area contributed by atoms with Crippen LogP contribution in [0.15, 0.2) is 41.6 Å². The van der Waals surface area contributed by atoms with Crippen LogP contribution in [-0.2, 0) is 0 Å². The van der Waals surface area contributed by atoms with E-state index in [-0.39, 0.29) is 5.37 Å². The van der Waals surface area contributed by atoms with E-state index in [1.54, 1.807) is 18.3 Å². The summed E-state index contributed by atoms with van der Waals surface area (Å²) in [5, 5.41) is 11.9. The second kappa shape index (κ2) is 8.52. The van der Waals surface area contributed by atoms with Crippen LogP contribution in [0.2, 0.25) is 0 Å². The Labute approximate surface area is 177 Å². The van der Waals surface area contributed by atoms with E-state index in [2.05, 4.69) is 38.4 Å². The van der Waals surface area contributed by atoms with E-state index >= 15 is 0 Å². The first-order chi connectivity index (χ1) is 14.0. The van der Waals surface area contributed by atoms with Crippen LogP contribution in [0.3, 0.4) is 0 Å². The Morgan fingerprint density at radius 3 is 2.72 bits per heavy atom. The van der Waals surface area contributed by atoms with Crippen molar-refractivity contribution in [2.24, 2.45) is 5.73 Å². The molecule has 1 aliphatic rings. The van der Waals surface area contributed by atoms with Gasteiger partial charge in [-0.05, 0) is 49.1 Å². The van der Waals surface area contributed by atoms with E-state index in [1.807, 2.05) is 19.1 Å². The minimum Gasteiger partial charge on any atom is -0.428 e. The summed E-state index contributed by atoms with van der Waals surface area (Å²) in [7, 11) is 0. The standard InChI is InChI=1S/C19H19FN6OS2/c1-10(21)29-18-8-12(7-17(20)24-18)11-2-5-14(16(6-11)27-28)15-9-22-19(26-25-15)23-13-3-4-13/h2,5-10,13,28H,3-4,21H2,1H3,(H,22,23,26). The van der Waals surface area contributed by atoms with E-state index in [0.29, 0.717) is 39.6 Å². The second-order valence-corrected chi connectivity index (χ2v) is 8.31. The quantitative estimate of drug-likeness (QED) is 0.170. The molecule has 4 rings (SSSR count). The fraction of sp³-hybridized carbons (Fsp3) is 0.263. The van der Waals surface area contributed by atoms with Gasteiger partial charge >= 0.3 is 0 Å². The predicted molar refractivity (Wildman–Crippen MR) is 114 cm³/mol. The average molecular weight is 431 g/mol. The van der Waals surface area contributed by atoms with Gasteiger partial charge in [-0.25, -0.2) is 9.97 Å². The number of anilines is 1. The van der Waals surface area contributed by atoms with Crippen molar-refractivity contribution in [3.8, 4) is 28.1 Å². The summed E-state index contributed by atoms with van der Waals surface area (Å²) >= 11 is 5.25. The molecule has 1 aromatic carbocycles. The van der Waals surface area contributed by atoms with Crippen molar-refractivity contribution >= 4 is 30.6 Å². The Morgan fingerprint density at radius 1 is 1.24 bits per heavy atom. The largest absolute Gasteiger partial charge is 0.428 e. The van der Waals surface area contributed by atoms with E-state index in [9.17, 15) is 4.39 Å². The highest BCUT2D eigenvalue weighted by atomic mass is 32.2. The lowest BCUT2D eigenvalue weighted by Gasteiger charge is -2.11. The van der Waals surface area contributed by atoms with Gasteiger partial charge in [-0.2, -0.15) is 4.39 Å². The highest BCUT2D eigenvalue weighted by Crippen LogP contribution is 2.35. The molecule has 7 nitrogen and oxygen atoms in total. The first-order valence-corrected chi connectivity index (χ1v) is 10.3. The van der Waals surface area contributed by atoms with Gasteiger partial charge in [0, 0.05) is 30.6 Å². The molecule has 0 spiro atoms. The van der Waals surface area contributed by atoms with E-state index in [0.717, 1.165) is 18.4 Å². The van der Waals surface area contributed by atoms with Gasteiger partial charge in [0.25, 0.3) is 0 Å². The number of pyridine rings is 1. The van der Waals surface area contributed by atoms with Gasteiger partial charge in [0.2, 0.25) is 11.9 Å². The van der Waals surface area contributed by atoms with Gasteiger partial charge in [0.05, 0.1) is 11.6 Å². The van der Waals surface area contributed by atoms with Gasteiger partial charge in [-0.3, -0.25) is 0 Å². The Morgan fingerprint density at radius 2 is 2.07 bits per heavy atom. The normalized spacial score (nSPS) is 14.5. The highest BCUT2D eigenvalue weighted by molar-refractivity contribution is 7.99. The van der Waals surface area contributed by atoms with Crippen LogP contribution in [0.4, 0.5) is 10.3 Å². The molecule has 1 atom stereocenters. The van der Waals surface area contributed by atoms with Gasteiger partial charge in [-0.1, -0.05) is 17.8 Å². The molecule has 150 valence electrons. The first kappa shape index (κ1) is 19.9. The Kier molecular flexibility index (Phi) is 5.84. The van der Waals surface area contributed by atoms with Crippen LogP contribution in [0.1, 0.15) is 19.8 Å². The van der Waals surface area contributed by atoms with Crippen LogP contribution >= 0.6 is 24.7 Å². The van der Waals surface area contributed by atoms with Gasteiger partial charge in [-0.15, -0.1) is 10.2 Å². The number of nitrogens with two attached hydrogens (primary N) is 1. The maximum Gasteiger partial charge on any atom is 0.242 e. The molecule has 0 radical (unpaired) electrons. The number of benzene rings is 1. The van der Waals surface area contributed by atoms with Crippen LogP contribution in [-0.4, -0.2) is 31.6 Å². The number of hydrogen-bond acceptors (Lipinski definition) is 9. The van der Waals surface area contributed by atoms with Gasteiger partial charge in [0.15, 0.2) is 0 Å². The molecule has 0 amide bonds. The highest BCUT2D eigenvalue weighted by Gasteiger charge is 2.22. The topological polar surface area (TPSA) is 98.8 Å². The number of nitrogens with zero attached hydrogens (tertiary/aromatic N) is 4. The smallest absolute Gasteiger partial charge is 0.242 e. The van der Waals surface area contributed by atoms with Crippen molar-refractivity contribution in [2.45, 2.75) is 36.2 Å². The molecule has 1 saturated carbocycles. The lowest BCUT2D eigenvalue weighted by atomic mass is 10.0. The second-order valence-electron chi connectivity index (χ2n) is 6.73. The SMILES string of the molecule is CC(N)Sc1cc(-c2ccc(-c3cnc(NC4CC4)nn3)c(OS)c2)cc(F)n1. The van der Waals surface area contributed by atoms with Crippen molar-refractivity contribution in [3.63, 3.8) is 0 Å². The average Bonchev–Trinajstić information content (AvgIpc) is 3.51. The number of thiol groups is 1. The van der Waals surface area contributed by atoms with Crippen molar-refractivity contribution < 1.29 is 8.57 Å².